The molecule has 0 unspecified atom stereocenters. The molecule has 0 heterocycles. The van der Waals surface area contributed by atoms with Crippen molar-refractivity contribution in [1.82, 2.24) is 5.32 Å². The topological polar surface area (TPSA) is 65.3 Å². The van der Waals surface area contributed by atoms with Crippen molar-refractivity contribution in [3.05, 3.63) is 76.8 Å². The van der Waals surface area contributed by atoms with E-state index in [2.05, 4.69) is 49.5 Å². The number of benzene rings is 3. The van der Waals surface area contributed by atoms with E-state index in [0.717, 1.165) is 6.42 Å². The molecule has 30 heavy (non-hydrogen) atoms. The van der Waals surface area contributed by atoms with Gasteiger partial charge in [-0.3, -0.25) is 0 Å². The summed E-state index contributed by atoms with van der Waals surface area (Å²) in [4.78, 5) is 0. The predicted molar refractivity (Wildman–Crippen MR) is 125 cm³/mol. The van der Waals surface area contributed by atoms with Gasteiger partial charge in [0.1, 0.15) is 30.1 Å². The van der Waals surface area contributed by atoms with Gasteiger partial charge in [-0.05, 0) is 48.7 Å². The van der Waals surface area contributed by atoms with Crippen LogP contribution in [0.15, 0.2) is 60.7 Å². The molecule has 4 nitrogen and oxygen atoms in total. The highest BCUT2D eigenvalue weighted by atomic mass is 35.5. The van der Waals surface area contributed by atoms with Gasteiger partial charge in [-0.15, -0.1) is 12.4 Å². The summed E-state index contributed by atoms with van der Waals surface area (Å²) in [6, 6.07) is 21.9. The van der Waals surface area contributed by atoms with Crippen molar-refractivity contribution >= 4 is 34.8 Å². The second-order valence-corrected chi connectivity index (χ2v) is 8.22. The molecule has 0 aliphatic rings. The molecule has 0 radical (unpaired) electrons. The first-order valence-electron chi connectivity index (χ1n) is 9.60. The Morgan fingerprint density at radius 2 is 1.83 bits per heavy atom. The van der Waals surface area contributed by atoms with Gasteiger partial charge in [0.15, 0.2) is 0 Å². The highest BCUT2D eigenvalue weighted by molar-refractivity contribution is 6.31. The Morgan fingerprint density at radius 1 is 1.10 bits per heavy atom. The number of fused-ring (bicyclic) bond motifs is 1. The van der Waals surface area contributed by atoms with Gasteiger partial charge in [-0.25, -0.2) is 0 Å². The minimum atomic E-state index is -0.712. The van der Waals surface area contributed by atoms with Crippen LogP contribution in [0.25, 0.3) is 10.8 Å². The molecule has 0 amide bonds. The molecule has 3 aromatic rings. The summed E-state index contributed by atoms with van der Waals surface area (Å²) in [7, 11) is 0. The Labute approximate surface area is 188 Å². The molecule has 6 heteroatoms. The van der Waals surface area contributed by atoms with Crippen LogP contribution < -0.4 is 10.1 Å². The summed E-state index contributed by atoms with van der Waals surface area (Å²) < 4.78 is 5.61. The smallest absolute Gasteiger partial charge is 0.138 e. The van der Waals surface area contributed by atoms with Crippen LogP contribution in [0, 0.1) is 11.3 Å². The maximum absolute atomic E-state index is 10.3. The largest absolute Gasteiger partial charge is 0.489 e. The Balaban J connectivity index is 0.00000320. The van der Waals surface area contributed by atoms with Gasteiger partial charge in [-0.1, -0.05) is 60.1 Å². The standard InChI is InChI=1S/C24H25ClN2O2.ClH/c1-24(2,13-17-10-11-18-6-3-4-7-19(18)12-17)27-15-20(28)16-29-23-9-5-8-22(25)21(23)14-26;/h3-12,20,27-28H,13,15-16H2,1-2H3;1H/t20-;/m1./s1. The third-order valence-electron chi connectivity index (χ3n) is 4.79. The molecule has 158 valence electrons. The summed E-state index contributed by atoms with van der Waals surface area (Å²) >= 11 is 6.00. The molecule has 2 N–H and O–H groups in total. The molecule has 0 aliphatic carbocycles. The van der Waals surface area contributed by atoms with Crippen molar-refractivity contribution < 1.29 is 9.84 Å². The fourth-order valence-electron chi connectivity index (χ4n) is 3.29. The maximum Gasteiger partial charge on any atom is 0.138 e. The normalized spacial score (nSPS) is 12.1. The van der Waals surface area contributed by atoms with Crippen LogP contribution in [-0.2, 0) is 6.42 Å². The fourth-order valence-corrected chi connectivity index (χ4v) is 3.50. The van der Waals surface area contributed by atoms with Gasteiger partial charge >= 0.3 is 0 Å². The maximum atomic E-state index is 10.3. The molecule has 0 aliphatic heterocycles. The summed E-state index contributed by atoms with van der Waals surface area (Å²) in [5.41, 5.74) is 1.33. The lowest BCUT2D eigenvalue weighted by Gasteiger charge is -2.28. The van der Waals surface area contributed by atoms with Gasteiger partial charge < -0.3 is 15.2 Å². The van der Waals surface area contributed by atoms with E-state index in [9.17, 15) is 10.4 Å². The monoisotopic (exact) mass is 444 g/mol. The number of rotatable bonds is 8. The van der Waals surface area contributed by atoms with Crippen molar-refractivity contribution in [2.75, 3.05) is 13.2 Å². The molecule has 0 saturated carbocycles. The number of aliphatic hydroxyl groups is 1. The van der Waals surface area contributed by atoms with Gasteiger partial charge in [0, 0.05) is 12.1 Å². The average Bonchev–Trinajstić information content (AvgIpc) is 2.70. The van der Waals surface area contributed by atoms with E-state index >= 15 is 0 Å². The summed E-state index contributed by atoms with van der Waals surface area (Å²) in [5, 5.41) is 25.7. The lowest BCUT2D eigenvalue weighted by Crippen LogP contribution is -2.46. The molecule has 0 aromatic heterocycles. The van der Waals surface area contributed by atoms with Gasteiger partial charge in [-0.2, -0.15) is 5.26 Å². The van der Waals surface area contributed by atoms with Crippen LogP contribution in [0.1, 0.15) is 25.0 Å². The second kappa shape index (κ2) is 10.7. The van der Waals surface area contributed by atoms with Crippen molar-refractivity contribution in [3.8, 4) is 11.8 Å². The molecule has 3 rings (SSSR count). The quantitative estimate of drug-likeness (QED) is 0.504. The van der Waals surface area contributed by atoms with Crippen LogP contribution >= 0.6 is 24.0 Å². The van der Waals surface area contributed by atoms with E-state index < -0.39 is 6.10 Å². The van der Waals surface area contributed by atoms with E-state index in [1.807, 2.05) is 18.2 Å². The Kier molecular flexibility index (Phi) is 8.52. The molecular formula is C24H26Cl2N2O2. The molecule has 0 bridgehead atoms. The van der Waals surface area contributed by atoms with Gasteiger partial charge in [0.2, 0.25) is 0 Å². The number of nitrogens with one attached hydrogen (secondary N) is 1. The van der Waals surface area contributed by atoms with Crippen LogP contribution in [0.3, 0.4) is 0 Å². The summed E-state index contributed by atoms with van der Waals surface area (Å²) in [6.45, 7) is 4.68. The minimum absolute atomic E-state index is 0. The van der Waals surface area contributed by atoms with Gasteiger partial charge in [0.25, 0.3) is 0 Å². The van der Waals surface area contributed by atoms with Crippen LogP contribution in [0.4, 0.5) is 0 Å². The zero-order valence-corrected chi connectivity index (χ0v) is 18.6. The fraction of sp³-hybridized carbons (Fsp3) is 0.292. The minimum Gasteiger partial charge on any atom is -0.489 e. The van der Waals surface area contributed by atoms with E-state index in [0.29, 0.717) is 17.3 Å². The number of nitrogens with zero attached hydrogens (tertiary/aromatic N) is 1. The number of hydrogen-bond acceptors (Lipinski definition) is 4. The highest BCUT2D eigenvalue weighted by Crippen LogP contribution is 2.25. The average molecular weight is 445 g/mol. The van der Waals surface area contributed by atoms with Crippen LogP contribution in [0.5, 0.6) is 5.75 Å². The van der Waals surface area contributed by atoms with E-state index in [-0.39, 0.29) is 30.1 Å². The second-order valence-electron chi connectivity index (χ2n) is 7.81. The molecule has 0 fully saturated rings. The third kappa shape index (κ3) is 6.35. The zero-order valence-electron chi connectivity index (χ0n) is 17.1. The number of hydrogen-bond donors (Lipinski definition) is 2. The molecule has 3 aromatic carbocycles. The first-order chi connectivity index (χ1) is 13.9. The number of nitriles is 1. The summed E-state index contributed by atoms with van der Waals surface area (Å²) in [5.74, 6) is 0.384. The van der Waals surface area contributed by atoms with Gasteiger partial charge in [0.05, 0.1) is 5.02 Å². The lowest BCUT2D eigenvalue weighted by atomic mass is 9.93. The van der Waals surface area contributed by atoms with Crippen molar-refractivity contribution in [2.24, 2.45) is 0 Å². The van der Waals surface area contributed by atoms with E-state index in [1.54, 1.807) is 18.2 Å². The molecule has 1 atom stereocenters. The first kappa shape index (κ1) is 24.0. The van der Waals surface area contributed by atoms with E-state index in [1.165, 1.54) is 16.3 Å². The highest BCUT2D eigenvalue weighted by Gasteiger charge is 2.20. The lowest BCUT2D eigenvalue weighted by molar-refractivity contribution is 0.0987. The number of aliphatic hydroxyl groups excluding tert-OH is 1. The number of β-amino-alcohol motifs (C(OH)–C–C–N with tert-alkyl or cyclic N) is 1. The predicted octanol–water partition coefficient (Wildman–Crippen LogP) is 5.14. The van der Waals surface area contributed by atoms with Crippen LogP contribution in [0.2, 0.25) is 5.02 Å². The van der Waals surface area contributed by atoms with Crippen molar-refractivity contribution in [2.45, 2.75) is 31.9 Å². The van der Waals surface area contributed by atoms with Crippen molar-refractivity contribution in [3.63, 3.8) is 0 Å². The SMILES string of the molecule is CC(C)(Cc1ccc2ccccc2c1)NC[C@@H](O)COc1cccc(Cl)c1C#N.Cl. The summed E-state index contributed by atoms with van der Waals surface area (Å²) in [6.07, 6.45) is 0.120. The molecular weight excluding hydrogens is 419 g/mol. The Hall–Kier alpha value is -2.29. The Morgan fingerprint density at radius 3 is 2.57 bits per heavy atom. The molecule has 0 saturated heterocycles. The number of halogens is 2. The Bertz CT molecular complexity index is 1030. The van der Waals surface area contributed by atoms with Crippen molar-refractivity contribution in [1.29, 1.82) is 5.26 Å². The number of ether oxygens (including phenoxy) is 1. The van der Waals surface area contributed by atoms with Crippen LogP contribution in [-0.4, -0.2) is 29.9 Å². The third-order valence-corrected chi connectivity index (χ3v) is 5.11. The van der Waals surface area contributed by atoms with E-state index in [4.69, 9.17) is 16.3 Å². The zero-order chi connectivity index (χ0) is 20.9. The first-order valence-corrected chi connectivity index (χ1v) is 9.98. The molecule has 0 spiro atoms.